The highest BCUT2D eigenvalue weighted by Gasteiger charge is 2.08. The first kappa shape index (κ1) is 9.94. The summed E-state index contributed by atoms with van der Waals surface area (Å²) in [6, 6.07) is 0. The molecule has 0 aromatic rings. The molecule has 0 aliphatic heterocycles. The van der Waals surface area contributed by atoms with E-state index in [4.69, 9.17) is 10.3 Å². The molecule has 4 heteroatoms. The minimum atomic E-state index is -1.14. The van der Waals surface area contributed by atoms with Crippen molar-refractivity contribution in [1.29, 1.82) is 0 Å². The van der Waals surface area contributed by atoms with E-state index in [1.54, 1.807) is 0 Å². The molecule has 0 saturated heterocycles. The maximum absolute atomic E-state index is 10.2. The van der Waals surface area contributed by atoms with E-state index >= 15 is 0 Å². The van der Waals surface area contributed by atoms with Gasteiger partial charge in [-0.05, 0) is 6.42 Å². The van der Waals surface area contributed by atoms with Crippen LogP contribution in [-0.4, -0.2) is 22.0 Å². The number of aliphatic carboxylic acids is 1. The van der Waals surface area contributed by atoms with Gasteiger partial charge in [-0.25, -0.2) is 4.79 Å². The number of carbonyl (C=O) groups is 1. The molecule has 11 heavy (non-hydrogen) atoms. The van der Waals surface area contributed by atoms with Gasteiger partial charge in [0.15, 0.2) is 5.71 Å². The number of oxime groups is 1. The van der Waals surface area contributed by atoms with E-state index in [2.05, 4.69) is 5.16 Å². The van der Waals surface area contributed by atoms with Crippen LogP contribution in [0.4, 0.5) is 0 Å². The molecule has 0 heterocycles. The fraction of sp³-hybridized carbons (Fsp3) is 0.714. The Bertz CT molecular complexity index is 154. The van der Waals surface area contributed by atoms with Gasteiger partial charge in [-0.1, -0.05) is 24.9 Å². The highest BCUT2D eigenvalue weighted by Crippen LogP contribution is 2.00. The molecule has 0 aromatic heterocycles. The van der Waals surface area contributed by atoms with Crippen molar-refractivity contribution in [1.82, 2.24) is 0 Å². The van der Waals surface area contributed by atoms with Gasteiger partial charge in [-0.3, -0.25) is 0 Å². The molecule has 0 unspecified atom stereocenters. The Kier molecular flexibility index (Phi) is 5.15. The maximum atomic E-state index is 10.2. The van der Waals surface area contributed by atoms with Crippen LogP contribution >= 0.6 is 0 Å². The van der Waals surface area contributed by atoms with Crippen molar-refractivity contribution in [2.75, 3.05) is 0 Å². The first-order valence-electron chi connectivity index (χ1n) is 3.66. The van der Waals surface area contributed by atoms with Gasteiger partial charge in [0.1, 0.15) is 0 Å². The summed E-state index contributed by atoms with van der Waals surface area (Å²) in [6.07, 6.45) is 3.10. The largest absolute Gasteiger partial charge is 0.477 e. The number of hydrogen-bond donors (Lipinski definition) is 2. The van der Waals surface area contributed by atoms with Gasteiger partial charge in [-0.2, -0.15) is 0 Å². The molecule has 2 N–H and O–H groups in total. The van der Waals surface area contributed by atoms with Crippen molar-refractivity contribution in [3.05, 3.63) is 0 Å². The molecule has 0 rings (SSSR count). The monoisotopic (exact) mass is 159 g/mol. The fourth-order valence-corrected chi connectivity index (χ4v) is 0.742. The zero-order valence-electron chi connectivity index (χ0n) is 6.58. The molecule has 0 amide bonds. The lowest BCUT2D eigenvalue weighted by Crippen LogP contribution is -2.12. The molecule has 0 radical (unpaired) electrons. The van der Waals surface area contributed by atoms with E-state index in [-0.39, 0.29) is 5.71 Å². The Morgan fingerprint density at radius 2 is 2.09 bits per heavy atom. The number of nitrogens with zero attached hydrogens (tertiary/aromatic N) is 1. The van der Waals surface area contributed by atoms with Crippen LogP contribution in [0.1, 0.15) is 32.6 Å². The maximum Gasteiger partial charge on any atom is 0.353 e. The number of carboxylic acids is 1. The lowest BCUT2D eigenvalue weighted by Gasteiger charge is -1.96. The lowest BCUT2D eigenvalue weighted by atomic mass is 10.1. The molecule has 0 fully saturated rings. The quantitative estimate of drug-likeness (QED) is 0.276. The van der Waals surface area contributed by atoms with E-state index in [9.17, 15) is 4.79 Å². The molecule has 0 spiro atoms. The summed E-state index contributed by atoms with van der Waals surface area (Å²) in [4.78, 5) is 10.2. The Morgan fingerprint density at radius 3 is 2.45 bits per heavy atom. The number of hydrogen-bond acceptors (Lipinski definition) is 3. The first-order chi connectivity index (χ1) is 5.22. The second kappa shape index (κ2) is 5.70. The third kappa shape index (κ3) is 4.36. The topological polar surface area (TPSA) is 69.9 Å². The molecule has 0 saturated carbocycles. The Hall–Kier alpha value is -1.06. The molecule has 4 nitrogen and oxygen atoms in total. The summed E-state index contributed by atoms with van der Waals surface area (Å²) in [5, 5.41) is 19.3. The highest BCUT2D eigenvalue weighted by atomic mass is 16.4. The highest BCUT2D eigenvalue weighted by molar-refractivity contribution is 6.35. The van der Waals surface area contributed by atoms with E-state index in [1.165, 1.54) is 0 Å². The van der Waals surface area contributed by atoms with Crippen molar-refractivity contribution in [3.8, 4) is 0 Å². The number of carboxylic acid groups (broad SMARTS) is 1. The van der Waals surface area contributed by atoms with Gasteiger partial charge in [0.05, 0.1) is 0 Å². The normalized spacial score (nSPS) is 11.5. The van der Waals surface area contributed by atoms with Crippen molar-refractivity contribution < 1.29 is 15.1 Å². The second-order valence-corrected chi connectivity index (χ2v) is 2.31. The van der Waals surface area contributed by atoms with Gasteiger partial charge >= 0.3 is 5.97 Å². The van der Waals surface area contributed by atoms with Crippen LogP contribution < -0.4 is 0 Å². The summed E-state index contributed by atoms with van der Waals surface area (Å²) < 4.78 is 0. The summed E-state index contributed by atoms with van der Waals surface area (Å²) in [5.74, 6) is -1.14. The molecule has 0 bridgehead atoms. The predicted molar refractivity (Wildman–Crippen MR) is 41.0 cm³/mol. The molecular weight excluding hydrogens is 146 g/mol. The van der Waals surface area contributed by atoms with Crippen LogP contribution in [0.15, 0.2) is 5.16 Å². The molecule has 0 aliphatic carbocycles. The van der Waals surface area contributed by atoms with Crippen molar-refractivity contribution >= 4 is 11.7 Å². The van der Waals surface area contributed by atoms with E-state index < -0.39 is 5.97 Å². The molecule has 64 valence electrons. The van der Waals surface area contributed by atoms with Crippen LogP contribution in [0.25, 0.3) is 0 Å². The third-order valence-corrected chi connectivity index (χ3v) is 1.38. The predicted octanol–water partition coefficient (Wildman–Crippen LogP) is 1.48. The van der Waals surface area contributed by atoms with Gasteiger partial charge in [0, 0.05) is 6.42 Å². The summed E-state index contributed by atoms with van der Waals surface area (Å²) >= 11 is 0. The lowest BCUT2D eigenvalue weighted by molar-refractivity contribution is -0.129. The van der Waals surface area contributed by atoms with Crippen LogP contribution in [0.2, 0.25) is 0 Å². The fourth-order valence-electron chi connectivity index (χ4n) is 0.742. The smallest absolute Gasteiger partial charge is 0.353 e. The summed E-state index contributed by atoms with van der Waals surface area (Å²) in [7, 11) is 0. The summed E-state index contributed by atoms with van der Waals surface area (Å²) in [6.45, 7) is 2.02. The zero-order chi connectivity index (χ0) is 8.69. The average molecular weight is 159 g/mol. The standard InChI is InChI=1S/C7H13NO3/c1-2-3-4-5-6(8-11)7(9)10/h11H,2-5H2,1H3,(H,9,10). The number of rotatable bonds is 5. The Balaban J connectivity index is 3.63. The van der Waals surface area contributed by atoms with Crippen LogP contribution in [0.5, 0.6) is 0 Å². The molecule has 0 aliphatic rings. The number of unbranched alkanes of at least 4 members (excludes halogenated alkanes) is 2. The molecular formula is C7H13NO3. The van der Waals surface area contributed by atoms with Crippen LogP contribution in [0.3, 0.4) is 0 Å². The average Bonchev–Trinajstić information content (AvgIpc) is 1.97. The van der Waals surface area contributed by atoms with Gasteiger partial charge in [0.2, 0.25) is 0 Å². The van der Waals surface area contributed by atoms with Crippen molar-refractivity contribution in [3.63, 3.8) is 0 Å². The SMILES string of the molecule is CCCCCC(=NO)C(=O)O. The van der Waals surface area contributed by atoms with Gasteiger partial charge in [0.25, 0.3) is 0 Å². The van der Waals surface area contributed by atoms with E-state index in [0.29, 0.717) is 6.42 Å². The third-order valence-electron chi connectivity index (χ3n) is 1.38. The zero-order valence-corrected chi connectivity index (χ0v) is 6.58. The Labute approximate surface area is 65.5 Å². The molecule has 0 aromatic carbocycles. The van der Waals surface area contributed by atoms with Crippen molar-refractivity contribution in [2.45, 2.75) is 32.6 Å². The minimum absolute atomic E-state index is 0.154. The van der Waals surface area contributed by atoms with Gasteiger partial charge in [-0.15, -0.1) is 0 Å². The Morgan fingerprint density at radius 1 is 1.45 bits per heavy atom. The summed E-state index contributed by atoms with van der Waals surface area (Å²) in [5.41, 5.74) is -0.154. The van der Waals surface area contributed by atoms with Crippen LogP contribution in [-0.2, 0) is 4.79 Å². The minimum Gasteiger partial charge on any atom is -0.477 e. The second-order valence-electron chi connectivity index (χ2n) is 2.31. The van der Waals surface area contributed by atoms with E-state index in [0.717, 1.165) is 19.3 Å². The first-order valence-corrected chi connectivity index (χ1v) is 3.66. The molecule has 0 atom stereocenters. The van der Waals surface area contributed by atoms with Crippen LogP contribution in [0, 0.1) is 0 Å². The van der Waals surface area contributed by atoms with Gasteiger partial charge < -0.3 is 10.3 Å². The van der Waals surface area contributed by atoms with Crippen molar-refractivity contribution in [2.24, 2.45) is 5.16 Å². The van der Waals surface area contributed by atoms with E-state index in [1.807, 2.05) is 6.92 Å².